The van der Waals surface area contributed by atoms with E-state index in [2.05, 4.69) is 25.7 Å². The normalized spacial score (nSPS) is 9.87. The lowest BCUT2D eigenvalue weighted by Crippen LogP contribution is -2.02. The molecule has 76 valence electrons. The maximum atomic E-state index is 10.7. The van der Waals surface area contributed by atoms with E-state index in [0.29, 0.717) is 5.69 Å². The molecular formula is C8H7N5O2. The highest BCUT2D eigenvalue weighted by Crippen LogP contribution is 2.15. The second kappa shape index (κ2) is 3.74. The number of hydrogen-bond acceptors (Lipinski definition) is 5. The first-order chi connectivity index (χ1) is 7.27. The third-order valence-electron chi connectivity index (χ3n) is 1.69. The molecule has 0 aliphatic carbocycles. The van der Waals surface area contributed by atoms with Gasteiger partial charge in [-0.15, -0.1) is 10.2 Å². The number of H-pyrrole nitrogens is 1. The number of aromatic nitrogens is 4. The molecule has 0 fully saturated rings. The van der Waals surface area contributed by atoms with Crippen LogP contribution in [0, 0.1) is 0 Å². The molecule has 2 heterocycles. The van der Waals surface area contributed by atoms with Gasteiger partial charge in [-0.05, 0) is 12.1 Å². The molecular weight excluding hydrogens is 198 g/mol. The quantitative estimate of drug-likeness (QED) is 0.679. The molecule has 0 spiro atoms. The Morgan fingerprint density at radius 2 is 2.07 bits per heavy atom. The Morgan fingerprint density at radius 3 is 2.73 bits per heavy atom. The molecule has 0 aromatic carbocycles. The van der Waals surface area contributed by atoms with Crippen molar-refractivity contribution in [3.8, 4) is 0 Å². The van der Waals surface area contributed by atoms with E-state index in [4.69, 9.17) is 5.11 Å². The van der Waals surface area contributed by atoms with Crippen LogP contribution in [0.3, 0.4) is 0 Å². The number of carbonyl (C=O) groups is 1. The van der Waals surface area contributed by atoms with Crippen LogP contribution in [-0.4, -0.2) is 31.5 Å². The van der Waals surface area contributed by atoms with Crippen LogP contribution < -0.4 is 5.32 Å². The van der Waals surface area contributed by atoms with E-state index in [9.17, 15) is 4.79 Å². The molecule has 0 aliphatic rings. The molecule has 2 aromatic rings. The van der Waals surface area contributed by atoms with Gasteiger partial charge in [-0.2, -0.15) is 5.21 Å². The fourth-order valence-corrected chi connectivity index (χ4v) is 1.04. The summed E-state index contributed by atoms with van der Waals surface area (Å²) in [7, 11) is 0. The highest BCUT2D eigenvalue weighted by molar-refractivity contribution is 5.91. The molecule has 2 rings (SSSR count). The van der Waals surface area contributed by atoms with Gasteiger partial charge in [0.2, 0.25) is 5.69 Å². The monoisotopic (exact) mass is 205 g/mol. The Kier molecular flexibility index (Phi) is 2.28. The minimum absolute atomic E-state index is 0.146. The Balaban J connectivity index is 2.25. The van der Waals surface area contributed by atoms with Gasteiger partial charge < -0.3 is 10.4 Å². The minimum atomic E-state index is -1.14. The van der Waals surface area contributed by atoms with Gasteiger partial charge in [0, 0.05) is 18.1 Å². The molecule has 0 saturated carbocycles. The molecule has 2 aromatic heterocycles. The lowest BCUT2D eigenvalue weighted by molar-refractivity contribution is 0.0691. The first-order valence-electron chi connectivity index (χ1n) is 4.08. The first-order valence-corrected chi connectivity index (χ1v) is 4.08. The third-order valence-corrected chi connectivity index (χ3v) is 1.69. The van der Waals surface area contributed by atoms with Crippen molar-refractivity contribution in [2.45, 2.75) is 0 Å². The smallest absolute Gasteiger partial charge is 0.360 e. The van der Waals surface area contributed by atoms with Crippen LogP contribution in [0.5, 0.6) is 0 Å². The van der Waals surface area contributed by atoms with Gasteiger partial charge in [0.25, 0.3) is 0 Å². The molecule has 0 saturated heterocycles. The standard InChI is InChI=1S/C8H7N5O2/c14-8(15)6-7(12-13-11-6)10-5-1-3-9-4-2-5/h1-4H,(H,14,15)(H2,9,10,11,12,13). The van der Waals surface area contributed by atoms with Crippen molar-refractivity contribution in [2.24, 2.45) is 0 Å². The van der Waals surface area contributed by atoms with Crippen molar-refractivity contribution < 1.29 is 9.90 Å². The second-order valence-corrected chi connectivity index (χ2v) is 2.69. The summed E-state index contributed by atoms with van der Waals surface area (Å²) in [4.78, 5) is 14.5. The molecule has 0 amide bonds. The Hall–Kier alpha value is -2.44. The van der Waals surface area contributed by atoms with E-state index in [1.807, 2.05) is 0 Å². The van der Waals surface area contributed by atoms with Crippen molar-refractivity contribution in [3.63, 3.8) is 0 Å². The maximum absolute atomic E-state index is 10.7. The molecule has 7 nitrogen and oxygen atoms in total. The first kappa shape index (κ1) is 9.13. The summed E-state index contributed by atoms with van der Waals surface area (Å²) >= 11 is 0. The van der Waals surface area contributed by atoms with Gasteiger partial charge in [-0.1, -0.05) is 0 Å². The Labute approximate surface area is 84.2 Å². The number of rotatable bonds is 3. The molecule has 3 N–H and O–H groups in total. The zero-order valence-corrected chi connectivity index (χ0v) is 7.51. The predicted molar refractivity (Wildman–Crippen MR) is 50.9 cm³/mol. The van der Waals surface area contributed by atoms with Gasteiger partial charge in [0.15, 0.2) is 5.82 Å². The predicted octanol–water partition coefficient (Wildman–Crippen LogP) is 0.641. The van der Waals surface area contributed by atoms with Crippen LogP contribution in [0.1, 0.15) is 10.5 Å². The summed E-state index contributed by atoms with van der Waals surface area (Å²) in [6.45, 7) is 0. The minimum Gasteiger partial charge on any atom is -0.476 e. The molecule has 15 heavy (non-hydrogen) atoms. The molecule has 0 bridgehead atoms. The van der Waals surface area contributed by atoms with Crippen molar-refractivity contribution >= 4 is 17.5 Å². The van der Waals surface area contributed by atoms with Crippen molar-refractivity contribution in [2.75, 3.05) is 5.32 Å². The molecule has 0 aliphatic heterocycles. The Morgan fingerprint density at radius 1 is 1.33 bits per heavy atom. The number of pyridine rings is 1. The van der Waals surface area contributed by atoms with E-state index in [0.717, 1.165) is 0 Å². The summed E-state index contributed by atoms with van der Waals surface area (Å²) < 4.78 is 0. The summed E-state index contributed by atoms with van der Waals surface area (Å²) in [5.41, 5.74) is 0.549. The molecule has 0 unspecified atom stereocenters. The van der Waals surface area contributed by atoms with Gasteiger partial charge in [0.1, 0.15) is 0 Å². The number of aromatic amines is 1. The molecule has 0 atom stereocenters. The number of nitrogens with zero attached hydrogens (tertiary/aromatic N) is 3. The van der Waals surface area contributed by atoms with Crippen molar-refractivity contribution in [3.05, 3.63) is 30.2 Å². The van der Waals surface area contributed by atoms with E-state index >= 15 is 0 Å². The topological polar surface area (TPSA) is 104 Å². The third kappa shape index (κ3) is 1.90. The summed E-state index contributed by atoms with van der Waals surface area (Å²) in [5, 5.41) is 21.0. The van der Waals surface area contributed by atoms with Crippen LogP contribution >= 0.6 is 0 Å². The molecule has 0 radical (unpaired) electrons. The average Bonchev–Trinajstić information content (AvgIpc) is 2.67. The SMILES string of the molecule is O=C(O)c1n[nH]nc1Nc1ccncc1. The lowest BCUT2D eigenvalue weighted by atomic mass is 10.4. The van der Waals surface area contributed by atoms with Crippen LogP contribution in [-0.2, 0) is 0 Å². The second-order valence-electron chi connectivity index (χ2n) is 2.69. The highest BCUT2D eigenvalue weighted by atomic mass is 16.4. The van der Waals surface area contributed by atoms with Gasteiger partial charge in [-0.25, -0.2) is 4.79 Å². The number of carboxylic acids is 1. The van der Waals surface area contributed by atoms with Gasteiger partial charge in [-0.3, -0.25) is 4.98 Å². The molecule has 7 heteroatoms. The van der Waals surface area contributed by atoms with Gasteiger partial charge >= 0.3 is 5.97 Å². The van der Waals surface area contributed by atoms with Crippen LogP contribution in [0.15, 0.2) is 24.5 Å². The largest absolute Gasteiger partial charge is 0.476 e. The Bertz CT molecular complexity index is 467. The summed E-state index contributed by atoms with van der Waals surface area (Å²) in [6, 6.07) is 3.39. The number of anilines is 2. The fourth-order valence-electron chi connectivity index (χ4n) is 1.04. The summed E-state index contributed by atoms with van der Waals surface area (Å²) in [5.74, 6) is -0.964. The zero-order chi connectivity index (χ0) is 10.7. The number of hydrogen-bond donors (Lipinski definition) is 3. The van der Waals surface area contributed by atoms with E-state index < -0.39 is 5.97 Å². The summed E-state index contributed by atoms with van der Waals surface area (Å²) in [6.07, 6.45) is 3.17. The van der Waals surface area contributed by atoms with E-state index in [1.165, 1.54) is 0 Å². The van der Waals surface area contributed by atoms with Crippen LogP contribution in [0.25, 0.3) is 0 Å². The number of nitrogens with one attached hydrogen (secondary N) is 2. The lowest BCUT2D eigenvalue weighted by Gasteiger charge is -2.01. The number of aromatic carboxylic acids is 1. The average molecular weight is 205 g/mol. The van der Waals surface area contributed by atoms with Crippen molar-refractivity contribution in [1.82, 2.24) is 20.4 Å². The van der Waals surface area contributed by atoms with Gasteiger partial charge in [0.05, 0.1) is 0 Å². The maximum Gasteiger partial charge on any atom is 0.360 e. The highest BCUT2D eigenvalue weighted by Gasteiger charge is 2.14. The van der Waals surface area contributed by atoms with Crippen LogP contribution in [0.2, 0.25) is 0 Å². The van der Waals surface area contributed by atoms with Crippen LogP contribution in [0.4, 0.5) is 11.5 Å². The number of carboxylic acid groups (broad SMARTS) is 1. The van der Waals surface area contributed by atoms with Crippen molar-refractivity contribution in [1.29, 1.82) is 0 Å². The fraction of sp³-hybridized carbons (Fsp3) is 0. The van der Waals surface area contributed by atoms with E-state index in [-0.39, 0.29) is 11.5 Å². The zero-order valence-electron chi connectivity index (χ0n) is 7.51. The van der Waals surface area contributed by atoms with E-state index in [1.54, 1.807) is 24.5 Å².